The Labute approximate surface area is 145 Å². The van der Waals surface area contributed by atoms with E-state index in [-0.39, 0.29) is 11.4 Å². The van der Waals surface area contributed by atoms with Crippen molar-refractivity contribution in [2.45, 2.75) is 70.3 Å². The van der Waals surface area contributed by atoms with E-state index in [0.29, 0.717) is 5.92 Å². The maximum absolute atomic E-state index is 11.9. The summed E-state index contributed by atoms with van der Waals surface area (Å²) in [5.41, 5.74) is 5.40. The van der Waals surface area contributed by atoms with Gasteiger partial charge in [-0.2, -0.15) is 5.10 Å². The first-order chi connectivity index (χ1) is 11.7. The highest BCUT2D eigenvalue weighted by Gasteiger charge is 2.43. The lowest BCUT2D eigenvalue weighted by molar-refractivity contribution is -0.121. The number of anilines is 1. The summed E-state index contributed by atoms with van der Waals surface area (Å²) in [6.45, 7) is 1.65. The monoisotopic (exact) mass is 327 g/mol. The topological polar surface area (TPSA) is 53.5 Å². The van der Waals surface area contributed by atoms with E-state index in [4.69, 9.17) is 5.10 Å². The molecule has 0 saturated heterocycles. The minimum Gasteiger partial charge on any atom is -0.350 e. The van der Waals surface area contributed by atoms with Crippen molar-refractivity contribution in [2.24, 2.45) is 11.0 Å². The van der Waals surface area contributed by atoms with Crippen LogP contribution in [0.3, 0.4) is 0 Å². The molecule has 2 fully saturated rings. The van der Waals surface area contributed by atoms with Gasteiger partial charge in [0.2, 0.25) is 5.91 Å². The first-order valence-corrected chi connectivity index (χ1v) is 9.36. The fourth-order valence-corrected chi connectivity index (χ4v) is 4.47. The van der Waals surface area contributed by atoms with E-state index in [1.54, 1.807) is 6.92 Å². The highest BCUT2D eigenvalue weighted by Crippen LogP contribution is 2.40. The molecule has 0 unspecified atom stereocenters. The molecular weight excluding hydrogens is 298 g/mol. The van der Waals surface area contributed by atoms with E-state index in [0.717, 1.165) is 31.4 Å². The molecule has 0 aromatic heterocycles. The molecule has 2 aliphatic rings. The number of rotatable bonds is 4. The molecule has 0 radical (unpaired) electrons. The molecule has 2 aliphatic carbocycles. The van der Waals surface area contributed by atoms with Gasteiger partial charge in [0.1, 0.15) is 0 Å². The van der Waals surface area contributed by atoms with E-state index in [1.807, 2.05) is 30.3 Å². The number of amides is 1. The van der Waals surface area contributed by atoms with Crippen LogP contribution in [-0.2, 0) is 4.79 Å². The molecule has 24 heavy (non-hydrogen) atoms. The predicted octanol–water partition coefficient (Wildman–Crippen LogP) is 4.48. The number of benzene rings is 1. The van der Waals surface area contributed by atoms with E-state index < -0.39 is 0 Å². The Bertz CT molecular complexity index is 576. The largest absolute Gasteiger partial charge is 0.350 e. The number of hydrazone groups is 1. The number of nitrogens with one attached hydrogen (secondary N) is 2. The zero-order valence-electron chi connectivity index (χ0n) is 14.7. The van der Waals surface area contributed by atoms with Crippen molar-refractivity contribution >= 4 is 17.3 Å². The maximum Gasteiger partial charge on any atom is 0.217 e. The smallest absolute Gasteiger partial charge is 0.217 e. The number of carbonyl (C=O) groups is 1. The van der Waals surface area contributed by atoms with E-state index in [9.17, 15) is 4.79 Å². The van der Waals surface area contributed by atoms with E-state index in [1.165, 1.54) is 37.8 Å². The third-order valence-electron chi connectivity index (χ3n) is 5.52. The number of para-hydroxylation sites is 1. The summed E-state index contributed by atoms with van der Waals surface area (Å²) in [6, 6.07) is 10.1. The highest BCUT2D eigenvalue weighted by molar-refractivity contribution is 5.90. The molecule has 3 rings (SSSR count). The van der Waals surface area contributed by atoms with Gasteiger partial charge in [-0.3, -0.25) is 10.2 Å². The van der Waals surface area contributed by atoms with Crippen LogP contribution in [0.15, 0.2) is 35.4 Å². The van der Waals surface area contributed by atoms with Crippen LogP contribution >= 0.6 is 0 Å². The van der Waals surface area contributed by atoms with Gasteiger partial charge in [0.15, 0.2) is 0 Å². The van der Waals surface area contributed by atoms with Crippen LogP contribution in [0.5, 0.6) is 0 Å². The molecular formula is C20H29N3O. The SMILES string of the molecule is CC(=O)NC1([C@H]2CCCC/C2=N/Nc2ccccc2)CCCCC1. The molecule has 4 nitrogen and oxygen atoms in total. The summed E-state index contributed by atoms with van der Waals surface area (Å²) in [4.78, 5) is 11.9. The van der Waals surface area contributed by atoms with Crippen molar-refractivity contribution < 1.29 is 4.79 Å². The van der Waals surface area contributed by atoms with Crippen molar-refractivity contribution in [1.29, 1.82) is 0 Å². The zero-order chi connectivity index (χ0) is 16.8. The lowest BCUT2D eigenvalue weighted by Gasteiger charge is -2.46. The molecule has 0 spiro atoms. The summed E-state index contributed by atoms with van der Waals surface area (Å²) in [7, 11) is 0. The molecule has 0 aliphatic heterocycles. The van der Waals surface area contributed by atoms with E-state index in [2.05, 4.69) is 10.7 Å². The molecule has 2 saturated carbocycles. The molecule has 1 aromatic rings. The van der Waals surface area contributed by atoms with Gasteiger partial charge in [-0.1, -0.05) is 43.9 Å². The van der Waals surface area contributed by atoms with Crippen LogP contribution in [0.25, 0.3) is 0 Å². The van der Waals surface area contributed by atoms with Crippen LogP contribution < -0.4 is 10.7 Å². The number of carbonyl (C=O) groups excluding carboxylic acids is 1. The van der Waals surface area contributed by atoms with Crippen LogP contribution in [0, 0.1) is 5.92 Å². The minimum absolute atomic E-state index is 0.0816. The Kier molecular flexibility index (Phi) is 5.54. The van der Waals surface area contributed by atoms with Gasteiger partial charge in [-0.25, -0.2) is 0 Å². The van der Waals surface area contributed by atoms with Gasteiger partial charge in [0.25, 0.3) is 0 Å². The van der Waals surface area contributed by atoms with Crippen molar-refractivity contribution in [3.63, 3.8) is 0 Å². The molecule has 0 heterocycles. The van der Waals surface area contributed by atoms with E-state index >= 15 is 0 Å². The predicted molar refractivity (Wildman–Crippen MR) is 99.1 cm³/mol. The second kappa shape index (κ2) is 7.82. The highest BCUT2D eigenvalue weighted by atomic mass is 16.1. The van der Waals surface area contributed by atoms with Gasteiger partial charge in [-0.15, -0.1) is 0 Å². The van der Waals surface area contributed by atoms with Gasteiger partial charge in [-0.05, 0) is 44.2 Å². The average Bonchev–Trinajstić information content (AvgIpc) is 2.61. The molecule has 1 aromatic carbocycles. The van der Waals surface area contributed by atoms with Crippen molar-refractivity contribution in [3.05, 3.63) is 30.3 Å². The summed E-state index contributed by atoms with van der Waals surface area (Å²) in [5, 5.41) is 8.12. The van der Waals surface area contributed by atoms with Crippen molar-refractivity contribution in [3.8, 4) is 0 Å². The number of nitrogens with zero attached hydrogens (tertiary/aromatic N) is 1. The Morgan fingerprint density at radius 1 is 1.08 bits per heavy atom. The molecule has 130 valence electrons. The second-order valence-electron chi connectivity index (χ2n) is 7.28. The van der Waals surface area contributed by atoms with Crippen LogP contribution in [0.4, 0.5) is 5.69 Å². The number of hydrogen-bond acceptors (Lipinski definition) is 3. The van der Waals surface area contributed by atoms with Gasteiger partial charge in [0, 0.05) is 24.1 Å². The van der Waals surface area contributed by atoms with Crippen LogP contribution in [0.2, 0.25) is 0 Å². The molecule has 0 bridgehead atoms. The standard InChI is InChI=1S/C20H29N3O/c1-16(24)21-20(14-8-3-9-15-20)18-12-6-7-13-19(18)23-22-17-10-4-2-5-11-17/h2,4-5,10-11,18,22H,3,6-9,12-15H2,1H3,(H,21,24)/b23-19-/t18-/m0/s1. The Balaban J connectivity index is 1.82. The third kappa shape index (κ3) is 3.97. The average molecular weight is 327 g/mol. The second-order valence-corrected chi connectivity index (χ2v) is 7.28. The Hall–Kier alpha value is -1.84. The molecule has 1 amide bonds. The first kappa shape index (κ1) is 17.0. The normalized spacial score (nSPS) is 25.2. The number of hydrogen-bond donors (Lipinski definition) is 2. The van der Waals surface area contributed by atoms with Crippen LogP contribution in [-0.4, -0.2) is 17.2 Å². The lowest BCUT2D eigenvalue weighted by Crippen LogP contribution is -2.57. The van der Waals surface area contributed by atoms with Gasteiger partial charge >= 0.3 is 0 Å². The summed E-state index contributed by atoms with van der Waals surface area (Å²) in [5.74, 6) is 0.463. The quantitative estimate of drug-likeness (QED) is 0.801. The summed E-state index contributed by atoms with van der Waals surface area (Å²) >= 11 is 0. The molecule has 2 N–H and O–H groups in total. The molecule has 4 heteroatoms. The van der Waals surface area contributed by atoms with Gasteiger partial charge < -0.3 is 5.32 Å². The first-order valence-electron chi connectivity index (χ1n) is 9.36. The van der Waals surface area contributed by atoms with Crippen LogP contribution in [0.1, 0.15) is 64.7 Å². The lowest BCUT2D eigenvalue weighted by atomic mass is 9.66. The van der Waals surface area contributed by atoms with Crippen molar-refractivity contribution in [2.75, 3.05) is 5.43 Å². The zero-order valence-corrected chi connectivity index (χ0v) is 14.7. The summed E-state index contributed by atoms with van der Waals surface area (Å²) in [6.07, 6.45) is 10.5. The fraction of sp³-hybridized carbons (Fsp3) is 0.600. The van der Waals surface area contributed by atoms with Crippen molar-refractivity contribution in [1.82, 2.24) is 5.32 Å². The maximum atomic E-state index is 11.9. The fourth-order valence-electron chi connectivity index (χ4n) is 4.47. The summed E-state index contributed by atoms with van der Waals surface area (Å²) < 4.78 is 0. The minimum atomic E-state index is -0.0816. The Morgan fingerprint density at radius 2 is 1.83 bits per heavy atom. The Morgan fingerprint density at radius 3 is 2.54 bits per heavy atom. The van der Waals surface area contributed by atoms with Gasteiger partial charge in [0.05, 0.1) is 5.69 Å². The molecule has 1 atom stereocenters. The third-order valence-corrected chi connectivity index (χ3v) is 5.52.